The second-order valence-corrected chi connectivity index (χ2v) is 12.3. The summed E-state index contributed by atoms with van der Waals surface area (Å²) in [6.45, 7) is -0.183. The van der Waals surface area contributed by atoms with Crippen LogP contribution in [0.2, 0.25) is 0 Å². The van der Waals surface area contributed by atoms with Crippen LogP contribution in [-0.2, 0) is 54.4 Å². The van der Waals surface area contributed by atoms with Crippen LogP contribution in [0.4, 0.5) is 0 Å². The molecule has 26 heteroatoms. The number of nitrogens with zero attached hydrogens (tertiary/aromatic N) is 4. The number of pyridine rings is 4. The van der Waals surface area contributed by atoms with E-state index in [9.17, 15) is 25.9 Å². The molecule has 50 heavy (non-hydrogen) atoms. The van der Waals surface area contributed by atoms with Gasteiger partial charge < -0.3 is 20.6 Å². The largest absolute Gasteiger partial charge is 2.00 e. The monoisotopic (exact) mass is 884 g/mol. The standard InChI is InChI=1S/2C10H8N2.2C2H7NO3S.2ClHO4.2Cu/c2*1-3-7-11-9(5-1)10-6-2-4-8-12-10;2*3-1-2-7(4,5)6;2*2-1(3,4)5;;/h2*1-8H;2*1-3H2,(H,4,5,6);2*(H,2,3,4,5);;/q;;;;;;2*+2/p-4. The predicted octanol–water partition coefficient (Wildman–Crippen LogP) is -8.25. The van der Waals surface area contributed by atoms with Gasteiger partial charge in [0.15, 0.2) is 0 Å². The van der Waals surface area contributed by atoms with Gasteiger partial charge >= 0.3 is 34.1 Å². The van der Waals surface area contributed by atoms with E-state index in [4.69, 9.17) is 48.7 Å². The van der Waals surface area contributed by atoms with Crippen LogP contribution >= 0.6 is 0 Å². The molecule has 4 rings (SSSR count). The zero-order chi connectivity index (χ0) is 37.3. The summed E-state index contributed by atoms with van der Waals surface area (Å²) in [5.41, 5.74) is 13.1. The Kier molecular flexibility index (Phi) is 31.8. The molecular formula is C24H28Cl2Cu2N6O14S2. The van der Waals surface area contributed by atoms with E-state index in [1.54, 1.807) is 24.8 Å². The van der Waals surface area contributed by atoms with Crippen LogP contribution in [0.5, 0.6) is 0 Å². The maximum Gasteiger partial charge on any atom is 2.00 e. The van der Waals surface area contributed by atoms with E-state index in [1.807, 2.05) is 72.8 Å². The summed E-state index contributed by atoms with van der Waals surface area (Å²) in [5, 5.41) is 0. The fraction of sp³-hybridized carbons (Fsp3) is 0.167. The Labute approximate surface area is 312 Å². The van der Waals surface area contributed by atoms with E-state index in [1.165, 1.54) is 0 Å². The van der Waals surface area contributed by atoms with Crippen LogP contribution in [0.25, 0.3) is 22.8 Å². The zero-order valence-corrected chi connectivity index (χ0v) is 29.9. The number of hydrogen-bond acceptors (Lipinski definition) is 20. The second-order valence-electron chi connectivity index (χ2n) is 7.72. The molecule has 4 N–H and O–H groups in total. The summed E-state index contributed by atoms with van der Waals surface area (Å²) in [7, 11) is -18.0. The normalized spacial score (nSPS) is 10.3. The average Bonchev–Trinajstić information content (AvgIpc) is 2.97. The molecule has 0 aromatic carbocycles. The molecule has 0 bridgehead atoms. The van der Waals surface area contributed by atoms with Crippen LogP contribution in [0, 0.1) is 20.5 Å². The number of aromatic nitrogens is 4. The molecule has 0 unspecified atom stereocenters. The van der Waals surface area contributed by atoms with Crippen LogP contribution in [0.1, 0.15) is 0 Å². The van der Waals surface area contributed by atoms with Crippen molar-refractivity contribution in [3.63, 3.8) is 0 Å². The number of rotatable bonds is 6. The van der Waals surface area contributed by atoms with Crippen molar-refractivity contribution in [3.05, 3.63) is 97.6 Å². The first-order valence-electron chi connectivity index (χ1n) is 12.2. The molecule has 0 spiro atoms. The summed E-state index contributed by atoms with van der Waals surface area (Å²) in [6, 6.07) is 23.2. The van der Waals surface area contributed by atoms with Gasteiger partial charge in [0.25, 0.3) is 0 Å². The van der Waals surface area contributed by atoms with Crippen LogP contribution < -0.4 is 48.7 Å². The maximum atomic E-state index is 9.60. The van der Waals surface area contributed by atoms with Gasteiger partial charge in [-0.1, -0.05) is 24.3 Å². The molecule has 286 valence electrons. The van der Waals surface area contributed by atoms with Crippen molar-refractivity contribution in [2.45, 2.75) is 0 Å². The van der Waals surface area contributed by atoms with Gasteiger partial charge in [0.2, 0.25) is 0 Å². The van der Waals surface area contributed by atoms with Gasteiger partial charge in [0, 0.05) is 37.9 Å². The Bertz CT molecular complexity index is 1380. The molecule has 4 heterocycles. The SMILES string of the molecule is NCCS(=O)(=O)[O-].NCCS(=O)(=O)[O-].[Cu+2].[Cu+2].[O-][Cl+3]([O-])([O-])[O-].[O-][Cl+3]([O-])([O-])[O-].c1ccc(-c2ccccn2)nc1.c1ccc(-c2ccccn2)nc1. The molecule has 4 aromatic rings. The minimum absolute atomic E-state index is 0. The summed E-state index contributed by atoms with van der Waals surface area (Å²) in [5.74, 6) is -0.931. The van der Waals surface area contributed by atoms with E-state index < -0.39 is 52.2 Å². The van der Waals surface area contributed by atoms with Crippen LogP contribution in [-0.4, -0.2) is 70.5 Å². The van der Waals surface area contributed by atoms with Gasteiger partial charge in [-0.05, 0) is 48.5 Å². The fourth-order valence-corrected chi connectivity index (χ4v) is 2.92. The minimum atomic E-state index is -4.94. The molecule has 0 aliphatic carbocycles. The minimum Gasteiger partial charge on any atom is -0.748 e. The zero-order valence-electron chi connectivity index (χ0n) is 24.9. The van der Waals surface area contributed by atoms with Crippen molar-refractivity contribution in [1.29, 1.82) is 0 Å². The van der Waals surface area contributed by atoms with E-state index in [0.717, 1.165) is 22.8 Å². The molecule has 0 aliphatic rings. The second kappa shape index (κ2) is 29.2. The Morgan fingerprint density at radius 2 is 0.640 bits per heavy atom. The first-order chi connectivity index (χ1) is 22.1. The summed E-state index contributed by atoms with van der Waals surface area (Å²) in [6.07, 6.45) is 7.07. The summed E-state index contributed by atoms with van der Waals surface area (Å²) < 4.78 is 126. The van der Waals surface area contributed by atoms with Crippen molar-refractivity contribution in [2.24, 2.45) is 11.5 Å². The predicted molar refractivity (Wildman–Crippen MR) is 142 cm³/mol. The van der Waals surface area contributed by atoms with Gasteiger partial charge in [-0.3, -0.25) is 19.9 Å². The Balaban J connectivity index is -0.000000262. The van der Waals surface area contributed by atoms with Crippen molar-refractivity contribution in [2.75, 3.05) is 24.6 Å². The van der Waals surface area contributed by atoms with Crippen LogP contribution in [0.3, 0.4) is 0 Å². The van der Waals surface area contributed by atoms with E-state index >= 15 is 0 Å². The molecule has 4 aromatic heterocycles. The molecule has 2 radical (unpaired) electrons. The van der Waals surface area contributed by atoms with Crippen molar-refractivity contribution in [3.8, 4) is 22.8 Å². The van der Waals surface area contributed by atoms with Gasteiger partial charge in [-0.15, -0.1) is 20.5 Å². The molecule has 0 atom stereocenters. The van der Waals surface area contributed by atoms with Gasteiger partial charge in [-0.2, -0.15) is 0 Å². The number of hydrogen-bond donors (Lipinski definition) is 2. The van der Waals surface area contributed by atoms with Gasteiger partial charge in [0.1, 0.15) is 0 Å². The first-order valence-corrected chi connectivity index (χ1v) is 17.8. The van der Waals surface area contributed by atoms with Crippen molar-refractivity contribution in [1.82, 2.24) is 19.9 Å². The quantitative estimate of drug-likeness (QED) is 0.134. The topological polar surface area (TPSA) is 402 Å². The van der Waals surface area contributed by atoms with Gasteiger partial charge in [-0.25, -0.2) is 54.1 Å². The average molecular weight is 887 g/mol. The maximum absolute atomic E-state index is 9.60. The molecule has 0 saturated carbocycles. The number of halogens is 2. The molecule has 0 amide bonds. The summed E-state index contributed by atoms with van der Waals surface area (Å²) >= 11 is 0. The summed E-state index contributed by atoms with van der Waals surface area (Å²) in [4.78, 5) is 16.7. The van der Waals surface area contributed by atoms with E-state index in [2.05, 4.69) is 19.9 Å². The molecule has 0 saturated heterocycles. The fourth-order valence-electron chi connectivity index (χ4n) is 2.35. The third kappa shape index (κ3) is 43.7. The molecular weight excluding hydrogens is 858 g/mol. The smallest absolute Gasteiger partial charge is 0.748 e. The first kappa shape index (κ1) is 54.4. The van der Waals surface area contributed by atoms with Crippen LogP contribution in [0.15, 0.2) is 97.6 Å². The third-order valence-electron chi connectivity index (χ3n) is 3.92. The van der Waals surface area contributed by atoms with E-state index in [-0.39, 0.29) is 47.2 Å². The van der Waals surface area contributed by atoms with Gasteiger partial charge in [0.05, 0.1) is 54.5 Å². The van der Waals surface area contributed by atoms with Crippen molar-refractivity contribution < 1.29 is 118 Å². The Hall–Kier alpha value is -2.36. The Morgan fingerprint density at radius 1 is 0.460 bits per heavy atom. The molecule has 20 nitrogen and oxygen atoms in total. The number of nitrogens with two attached hydrogens (primary N) is 2. The molecule has 0 fully saturated rings. The third-order valence-corrected chi connectivity index (χ3v) is 5.39. The van der Waals surface area contributed by atoms with Crippen molar-refractivity contribution >= 4 is 20.2 Å². The Morgan fingerprint density at radius 3 is 0.720 bits per heavy atom. The van der Waals surface area contributed by atoms with E-state index in [0.29, 0.717) is 0 Å². The molecule has 0 aliphatic heterocycles.